The zero-order valence-electron chi connectivity index (χ0n) is 14.1. The van der Waals surface area contributed by atoms with Crippen molar-refractivity contribution in [1.29, 1.82) is 0 Å². The van der Waals surface area contributed by atoms with Crippen LogP contribution in [0.2, 0.25) is 5.02 Å². The molecule has 0 spiro atoms. The van der Waals surface area contributed by atoms with Gasteiger partial charge in [-0.05, 0) is 55.4 Å². The van der Waals surface area contributed by atoms with E-state index in [0.29, 0.717) is 33.5 Å². The lowest BCUT2D eigenvalue weighted by atomic mass is 9.84. The molecule has 1 amide bonds. The Morgan fingerprint density at radius 1 is 1.31 bits per heavy atom. The highest BCUT2D eigenvalue weighted by Gasteiger charge is 2.35. The number of carbonyl (C=O) groups is 1. The Hall–Kier alpha value is -1.89. The molecule has 1 atom stereocenters. The number of aromatic nitrogens is 1. The van der Waals surface area contributed by atoms with Gasteiger partial charge in [-0.3, -0.25) is 4.79 Å². The van der Waals surface area contributed by atoms with E-state index in [2.05, 4.69) is 15.2 Å². The van der Waals surface area contributed by atoms with Crippen LogP contribution in [0.3, 0.4) is 0 Å². The van der Waals surface area contributed by atoms with E-state index >= 15 is 0 Å². The van der Waals surface area contributed by atoms with Gasteiger partial charge in [-0.1, -0.05) is 17.7 Å². The van der Waals surface area contributed by atoms with Gasteiger partial charge in [0.25, 0.3) is 5.91 Å². The van der Waals surface area contributed by atoms with E-state index in [1.807, 2.05) is 23.6 Å². The van der Waals surface area contributed by atoms with Gasteiger partial charge in [-0.25, -0.2) is 4.98 Å². The SMILES string of the molecule is O=C(NC1CN2CCC1CC2)c1cccc2oc(-c3sccc3Cl)nc12. The molecule has 1 unspecified atom stereocenters. The summed E-state index contributed by atoms with van der Waals surface area (Å²) in [5, 5.41) is 5.74. The van der Waals surface area contributed by atoms with Crippen LogP contribution in [-0.2, 0) is 0 Å². The van der Waals surface area contributed by atoms with Crippen molar-refractivity contribution in [1.82, 2.24) is 15.2 Å². The van der Waals surface area contributed by atoms with Crippen molar-refractivity contribution >= 4 is 39.9 Å². The molecular weight excluding hydrogens is 370 g/mol. The van der Waals surface area contributed by atoms with Gasteiger partial charge in [0, 0.05) is 12.6 Å². The van der Waals surface area contributed by atoms with Gasteiger partial charge in [-0.2, -0.15) is 0 Å². The summed E-state index contributed by atoms with van der Waals surface area (Å²) in [6.07, 6.45) is 2.33. The van der Waals surface area contributed by atoms with Crippen LogP contribution < -0.4 is 5.32 Å². The van der Waals surface area contributed by atoms with Gasteiger partial charge >= 0.3 is 0 Å². The molecular formula is C19H18ClN3O2S. The monoisotopic (exact) mass is 387 g/mol. The van der Waals surface area contributed by atoms with E-state index in [0.717, 1.165) is 24.5 Å². The number of halogens is 1. The molecule has 3 aliphatic heterocycles. The molecule has 134 valence electrons. The first kappa shape index (κ1) is 16.3. The number of carbonyl (C=O) groups excluding carboxylic acids is 1. The fourth-order valence-corrected chi connectivity index (χ4v) is 5.11. The molecule has 2 aromatic heterocycles. The molecule has 3 aromatic rings. The number of benzene rings is 1. The maximum Gasteiger partial charge on any atom is 0.253 e. The fraction of sp³-hybridized carbons (Fsp3) is 0.368. The Kier molecular flexibility index (Phi) is 3.99. The minimum atomic E-state index is -0.0773. The third kappa shape index (κ3) is 2.73. The molecule has 0 radical (unpaired) electrons. The molecule has 3 saturated heterocycles. The Morgan fingerprint density at radius 2 is 2.15 bits per heavy atom. The van der Waals surface area contributed by atoms with Crippen LogP contribution in [0.25, 0.3) is 21.9 Å². The maximum atomic E-state index is 12.9. The molecule has 3 fully saturated rings. The van der Waals surface area contributed by atoms with Crippen molar-refractivity contribution in [2.45, 2.75) is 18.9 Å². The normalized spacial score (nSPS) is 24.9. The van der Waals surface area contributed by atoms with Gasteiger partial charge in [-0.15, -0.1) is 11.3 Å². The molecule has 1 N–H and O–H groups in total. The van der Waals surface area contributed by atoms with Gasteiger partial charge < -0.3 is 14.6 Å². The highest BCUT2D eigenvalue weighted by molar-refractivity contribution is 7.14. The van der Waals surface area contributed by atoms with E-state index in [9.17, 15) is 4.79 Å². The number of nitrogens with one attached hydrogen (secondary N) is 1. The van der Waals surface area contributed by atoms with Crippen LogP contribution in [0, 0.1) is 5.92 Å². The van der Waals surface area contributed by atoms with Crippen molar-refractivity contribution < 1.29 is 9.21 Å². The lowest BCUT2D eigenvalue weighted by Crippen LogP contribution is -2.57. The van der Waals surface area contributed by atoms with E-state index in [1.165, 1.54) is 24.2 Å². The second-order valence-electron chi connectivity index (χ2n) is 6.99. The maximum absolute atomic E-state index is 12.9. The van der Waals surface area contributed by atoms with Crippen LogP contribution in [0.15, 0.2) is 34.1 Å². The van der Waals surface area contributed by atoms with Gasteiger partial charge in [0.2, 0.25) is 5.89 Å². The third-order valence-electron chi connectivity index (χ3n) is 5.45. The van der Waals surface area contributed by atoms with Crippen LogP contribution in [0.4, 0.5) is 0 Å². The summed E-state index contributed by atoms with van der Waals surface area (Å²) in [5.74, 6) is 0.968. The van der Waals surface area contributed by atoms with Crippen molar-refractivity contribution in [2.75, 3.05) is 19.6 Å². The molecule has 5 nitrogen and oxygen atoms in total. The summed E-state index contributed by atoms with van der Waals surface area (Å²) in [6, 6.07) is 7.51. The van der Waals surface area contributed by atoms with E-state index in [4.69, 9.17) is 16.0 Å². The standard InChI is InChI=1S/C19H18ClN3O2S/c20-13-6-9-26-17(13)19-22-16-12(2-1-3-15(16)25-19)18(24)21-14-10-23-7-4-11(14)5-8-23/h1-3,6,9,11,14H,4-5,7-8,10H2,(H,21,24). The average Bonchev–Trinajstić information content (AvgIpc) is 3.27. The zero-order valence-corrected chi connectivity index (χ0v) is 15.6. The molecule has 3 aliphatic rings. The first-order chi connectivity index (χ1) is 12.7. The second kappa shape index (κ2) is 6.37. The zero-order chi connectivity index (χ0) is 17.7. The number of oxazole rings is 1. The van der Waals surface area contributed by atoms with Gasteiger partial charge in [0.05, 0.1) is 10.6 Å². The first-order valence-electron chi connectivity index (χ1n) is 8.85. The van der Waals surface area contributed by atoms with E-state index < -0.39 is 0 Å². The topological polar surface area (TPSA) is 58.4 Å². The number of fused-ring (bicyclic) bond motifs is 4. The predicted molar refractivity (Wildman–Crippen MR) is 103 cm³/mol. The van der Waals surface area contributed by atoms with E-state index in [-0.39, 0.29) is 11.9 Å². The summed E-state index contributed by atoms with van der Waals surface area (Å²) >= 11 is 7.67. The third-order valence-corrected chi connectivity index (χ3v) is 6.78. The number of rotatable bonds is 3. The largest absolute Gasteiger partial charge is 0.435 e. The minimum absolute atomic E-state index is 0.0773. The second-order valence-corrected chi connectivity index (χ2v) is 8.31. The Labute approximate surface area is 160 Å². The van der Waals surface area contributed by atoms with Crippen LogP contribution >= 0.6 is 22.9 Å². The fourth-order valence-electron chi connectivity index (χ4n) is 4.05. The number of hydrogen-bond acceptors (Lipinski definition) is 5. The first-order valence-corrected chi connectivity index (χ1v) is 10.1. The summed E-state index contributed by atoms with van der Waals surface area (Å²) in [5.41, 5.74) is 1.75. The Balaban J connectivity index is 1.46. The molecule has 2 bridgehead atoms. The molecule has 0 aliphatic carbocycles. The quantitative estimate of drug-likeness (QED) is 0.737. The summed E-state index contributed by atoms with van der Waals surface area (Å²) in [6.45, 7) is 3.25. The van der Waals surface area contributed by atoms with Gasteiger partial charge in [0.15, 0.2) is 5.58 Å². The van der Waals surface area contributed by atoms with Gasteiger partial charge in [0.1, 0.15) is 10.4 Å². The average molecular weight is 388 g/mol. The van der Waals surface area contributed by atoms with Crippen LogP contribution in [0.1, 0.15) is 23.2 Å². The van der Waals surface area contributed by atoms with Crippen molar-refractivity contribution in [3.05, 3.63) is 40.2 Å². The van der Waals surface area contributed by atoms with Crippen molar-refractivity contribution in [3.63, 3.8) is 0 Å². The summed E-state index contributed by atoms with van der Waals surface area (Å²) in [4.78, 5) is 20.7. The predicted octanol–water partition coefficient (Wildman–Crippen LogP) is 4.03. The molecule has 6 rings (SSSR count). The summed E-state index contributed by atoms with van der Waals surface area (Å²) < 4.78 is 5.85. The minimum Gasteiger partial charge on any atom is -0.435 e. The highest BCUT2D eigenvalue weighted by atomic mass is 35.5. The van der Waals surface area contributed by atoms with Crippen LogP contribution in [0.5, 0.6) is 0 Å². The Bertz CT molecular complexity index is 974. The number of thiophene rings is 1. The molecule has 5 heterocycles. The molecule has 26 heavy (non-hydrogen) atoms. The number of nitrogens with zero attached hydrogens (tertiary/aromatic N) is 2. The van der Waals surface area contributed by atoms with Crippen LogP contribution in [-0.4, -0.2) is 41.5 Å². The van der Waals surface area contributed by atoms with Crippen molar-refractivity contribution in [3.8, 4) is 10.8 Å². The lowest BCUT2D eigenvalue weighted by Gasteiger charge is -2.44. The van der Waals surface area contributed by atoms with E-state index in [1.54, 1.807) is 6.07 Å². The number of amides is 1. The smallest absolute Gasteiger partial charge is 0.253 e. The highest BCUT2D eigenvalue weighted by Crippen LogP contribution is 2.35. The number of hydrogen-bond donors (Lipinski definition) is 1. The number of piperidine rings is 3. The number of para-hydroxylation sites is 1. The molecule has 1 aromatic carbocycles. The summed E-state index contributed by atoms with van der Waals surface area (Å²) in [7, 11) is 0. The molecule has 0 saturated carbocycles. The van der Waals surface area contributed by atoms with Crippen molar-refractivity contribution in [2.24, 2.45) is 5.92 Å². The Morgan fingerprint density at radius 3 is 2.85 bits per heavy atom. The molecule has 7 heteroatoms. The lowest BCUT2D eigenvalue weighted by molar-refractivity contribution is 0.0621.